The number of hydrogen-bond acceptors (Lipinski definition) is 4. The molecule has 0 spiro atoms. The van der Waals surface area contributed by atoms with E-state index in [4.69, 9.17) is 10.00 Å². The summed E-state index contributed by atoms with van der Waals surface area (Å²) in [5.74, 6) is 0. The van der Waals surface area contributed by atoms with E-state index in [1.54, 1.807) is 11.0 Å². The van der Waals surface area contributed by atoms with Crippen LogP contribution in [0.3, 0.4) is 0 Å². The van der Waals surface area contributed by atoms with Gasteiger partial charge in [-0.3, -0.25) is 0 Å². The average molecular weight is 317 g/mol. The minimum Gasteiger partial charge on any atom is -0.444 e. The first-order valence-electron chi connectivity index (χ1n) is 8.03. The lowest BCUT2D eigenvalue weighted by atomic mass is 10.1. The number of hydrogen-bond donors (Lipinski definition) is 1. The molecule has 0 fully saturated rings. The zero-order chi connectivity index (χ0) is 17.3. The molecule has 0 bridgehead atoms. The fourth-order valence-corrected chi connectivity index (χ4v) is 2.09. The zero-order valence-corrected chi connectivity index (χ0v) is 14.6. The molecular weight excluding hydrogens is 290 g/mol. The van der Waals surface area contributed by atoms with Crippen LogP contribution in [0.2, 0.25) is 0 Å². The van der Waals surface area contributed by atoms with Crippen molar-refractivity contribution in [1.29, 1.82) is 5.26 Å². The number of benzene rings is 1. The predicted molar refractivity (Wildman–Crippen MR) is 91.0 cm³/mol. The molecule has 0 saturated heterocycles. The van der Waals surface area contributed by atoms with Gasteiger partial charge in [-0.1, -0.05) is 19.1 Å². The van der Waals surface area contributed by atoms with Gasteiger partial charge in [0.15, 0.2) is 0 Å². The van der Waals surface area contributed by atoms with Gasteiger partial charge in [0.05, 0.1) is 11.6 Å². The summed E-state index contributed by atoms with van der Waals surface area (Å²) in [6.07, 6.45) is 0.622. The lowest BCUT2D eigenvalue weighted by Gasteiger charge is -2.27. The Morgan fingerprint density at radius 3 is 2.70 bits per heavy atom. The van der Waals surface area contributed by atoms with Gasteiger partial charge < -0.3 is 15.0 Å². The van der Waals surface area contributed by atoms with Gasteiger partial charge in [-0.2, -0.15) is 5.26 Å². The molecule has 1 N–H and O–H groups in total. The largest absolute Gasteiger partial charge is 0.444 e. The number of carbonyl (C=O) groups is 1. The number of rotatable bonds is 7. The smallest absolute Gasteiger partial charge is 0.410 e. The normalized spacial score (nSPS) is 10.9. The molecule has 0 atom stereocenters. The summed E-state index contributed by atoms with van der Waals surface area (Å²) in [4.78, 5) is 13.9. The molecular formula is C18H27N3O2. The lowest BCUT2D eigenvalue weighted by Crippen LogP contribution is -2.40. The molecule has 5 nitrogen and oxygen atoms in total. The van der Waals surface area contributed by atoms with Crippen LogP contribution >= 0.6 is 0 Å². The molecule has 0 saturated carbocycles. The van der Waals surface area contributed by atoms with Gasteiger partial charge in [0.1, 0.15) is 5.60 Å². The molecule has 0 unspecified atom stereocenters. The van der Waals surface area contributed by atoms with Gasteiger partial charge in [0.2, 0.25) is 0 Å². The number of carbonyl (C=O) groups excluding carboxylic acids is 1. The molecule has 0 radical (unpaired) electrons. The molecule has 0 heterocycles. The summed E-state index contributed by atoms with van der Waals surface area (Å²) < 4.78 is 5.42. The average Bonchev–Trinajstić information content (AvgIpc) is 2.48. The molecule has 0 aromatic heterocycles. The third-order valence-corrected chi connectivity index (χ3v) is 3.09. The van der Waals surface area contributed by atoms with Crippen molar-refractivity contribution in [3.63, 3.8) is 0 Å². The molecule has 0 aliphatic carbocycles. The van der Waals surface area contributed by atoms with Crippen LogP contribution < -0.4 is 5.32 Å². The molecule has 1 aromatic carbocycles. The van der Waals surface area contributed by atoms with Crippen LogP contribution in [0.5, 0.6) is 0 Å². The van der Waals surface area contributed by atoms with Gasteiger partial charge in [-0.15, -0.1) is 0 Å². The second-order valence-corrected chi connectivity index (χ2v) is 6.46. The Morgan fingerprint density at radius 1 is 1.35 bits per heavy atom. The van der Waals surface area contributed by atoms with Crippen molar-refractivity contribution in [2.45, 2.75) is 46.3 Å². The highest BCUT2D eigenvalue weighted by Gasteiger charge is 2.21. The molecule has 23 heavy (non-hydrogen) atoms. The topological polar surface area (TPSA) is 65.4 Å². The maximum Gasteiger partial charge on any atom is 0.410 e. The van der Waals surface area contributed by atoms with Crippen LogP contribution in [0.15, 0.2) is 24.3 Å². The fourth-order valence-electron chi connectivity index (χ4n) is 2.09. The van der Waals surface area contributed by atoms with Crippen molar-refractivity contribution in [3.8, 4) is 6.07 Å². The maximum atomic E-state index is 12.1. The highest BCUT2D eigenvalue weighted by molar-refractivity contribution is 5.68. The van der Waals surface area contributed by atoms with Crippen molar-refractivity contribution in [2.75, 3.05) is 19.6 Å². The third kappa shape index (κ3) is 7.66. The number of ether oxygens (including phenoxy) is 1. The van der Waals surface area contributed by atoms with Crippen molar-refractivity contribution in [1.82, 2.24) is 10.2 Å². The predicted octanol–water partition coefficient (Wildman–Crippen LogP) is 3.29. The molecule has 126 valence electrons. The molecule has 5 heteroatoms. The van der Waals surface area contributed by atoms with Gasteiger partial charge in [0.25, 0.3) is 0 Å². The number of nitrogens with zero attached hydrogens (tertiary/aromatic N) is 2. The number of nitriles is 1. The minimum absolute atomic E-state index is 0.271. The first kappa shape index (κ1) is 19.0. The standard InChI is InChI=1S/C18H27N3O2/c1-5-10-21(17(22)23-18(2,3)4)11-9-20-14-16-8-6-7-15(12-16)13-19/h6-8,12,20H,5,9-11,14H2,1-4H3. The van der Waals surface area contributed by atoms with E-state index in [9.17, 15) is 4.79 Å². The van der Waals surface area contributed by atoms with E-state index in [2.05, 4.69) is 11.4 Å². The van der Waals surface area contributed by atoms with Crippen LogP contribution in [-0.4, -0.2) is 36.2 Å². The maximum absolute atomic E-state index is 12.1. The molecule has 0 aliphatic rings. The van der Waals surface area contributed by atoms with Crippen molar-refractivity contribution < 1.29 is 9.53 Å². The SMILES string of the molecule is CCCN(CCNCc1cccc(C#N)c1)C(=O)OC(C)(C)C. The highest BCUT2D eigenvalue weighted by Crippen LogP contribution is 2.10. The van der Waals surface area contributed by atoms with Crippen molar-refractivity contribution in [2.24, 2.45) is 0 Å². The Balaban J connectivity index is 2.43. The van der Waals surface area contributed by atoms with Crippen LogP contribution in [0.4, 0.5) is 4.79 Å². The van der Waals surface area contributed by atoms with Crippen molar-refractivity contribution in [3.05, 3.63) is 35.4 Å². The minimum atomic E-state index is -0.478. The quantitative estimate of drug-likeness (QED) is 0.784. The zero-order valence-electron chi connectivity index (χ0n) is 14.6. The Morgan fingerprint density at radius 2 is 2.09 bits per heavy atom. The summed E-state index contributed by atoms with van der Waals surface area (Å²) in [5.41, 5.74) is 1.24. The van der Waals surface area contributed by atoms with Crippen molar-refractivity contribution >= 4 is 6.09 Å². The monoisotopic (exact) mass is 317 g/mol. The second-order valence-electron chi connectivity index (χ2n) is 6.46. The second kappa shape index (κ2) is 9.16. The summed E-state index contributed by atoms with van der Waals surface area (Å²) in [6.45, 7) is 10.3. The first-order valence-corrected chi connectivity index (χ1v) is 8.03. The lowest BCUT2D eigenvalue weighted by molar-refractivity contribution is 0.0252. The Hall–Kier alpha value is -2.06. The van der Waals surface area contributed by atoms with E-state index in [-0.39, 0.29) is 6.09 Å². The highest BCUT2D eigenvalue weighted by atomic mass is 16.6. The Kier molecular flexibility index (Phi) is 7.56. The van der Waals surface area contributed by atoms with Gasteiger partial charge in [-0.25, -0.2) is 4.79 Å². The van der Waals surface area contributed by atoms with Crippen LogP contribution in [0, 0.1) is 11.3 Å². The van der Waals surface area contributed by atoms with E-state index < -0.39 is 5.60 Å². The van der Waals surface area contributed by atoms with E-state index in [0.29, 0.717) is 31.7 Å². The van der Waals surface area contributed by atoms with Gasteiger partial charge in [-0.05, 0) is 44.9 Å². The Bertz CT molecular complexity index is 544. The molecule has 1 amide bonds. The third-order valence-electron chi connectivity index (χ3n) is 3.09. The summed E-state index contributed by atoms with van der Waals surface area (Å²) in [5, 5.41) is 12.2. The van der Waals surface area contributed by atoms with Gasteiger partial charge in [0, 0.05) is 26.2 Å². The fraction of sp³-hybridized carbons (Fsp3) is 0.556. The van der Waals surface area contributed by atoms with Gasteiger partial charge >= 0.3 is 6.09 Å². The van der Waals surface area contributed by atoms with E-state index in [0.717, 1.165) is 12.0 Å². The van der Waals surface area contributed by atoms with Crippen LogP contribution in [0.25, 0.3) is 0 Å². The first-order chi connectivity index (χ1) is 10.9. The van der Waals surface area contributed by atoms with E-state index in [1.807, 2.05) is 45.9 Å². The van der Waals surface area contributed by atoms with E-state index in [1.165, 1.54) is 0 Å². The number of nitrogens with one attached hydrogen (secondary N) is 1. The van der Waals surface area contributed by atoms with Crippen LogP contribution in [0.1, 0.15) is 45.2 Å². The molecule has 1 aromatic rings. The Labute approximate surface area is 139 Å². The summed E-state index contributed by atoms with van der Waals surface area (Å²) >= 11 is 0. The van der Waals surface area contributed by atoms with E-state index >= 15 is 0 Å². The summed E-state index contributed by atoms with van der Waals surface area (Å²) in [7, 11) is 0. The number of amides is 1. The molecule has 1 rings (SSSR count). The molecule has 0 aliphatic heterocycles. The van der Waals surface area contributed by atoms with Crippen LogP contribution in [-0.2, 0) is 11.3 Å². The summed E-state index contributed by atoms with van der Waals surface area (Å²) in [6, 6.07) is 9.64.